The number of carbonyl (C=O) groups is 1. The zero-order valence-electron chi connectivity index (χ0n) is 14.4. The molecular formula is C18H25BrFNO3. The molecule has 2 atom stereocenters. The Kier molecular flexibility index (Phi) is 6.63. The van der Waals surface area contributed by atoms with Crippen LogP contribution in [-0.4, -0.2) is 23.8 Å². The topological polar surface area (TPSA) is 47.6 Å². The van der Waals surface area contributed by atoms with Gasteiger partial charge in [-0.25, -0.2) is 9.18 Å². The maximum absolute atomic E-state index is 13.9. The SMILES string of the molecule is CC(C)(C)OC(=O)NC1CCCCC1OCc1ccc(Br)cc1F. The maximum Gasteiger partial charge on any atom is 0.407 e. The molecule has 1 aliphatic rings. The zero-order valence-corrected chi connectivity index (χ0v) is 16.0. The summed E-state index contributed by atoms with van der Waals surface area (Å²) in [6, 6.07) is 4.82. The van der Waals surface area contributed by atoms with E-state index in [1.165, 1.54) is 6.07 Å². The van der Waals surface area contributed by atoms with E-state index in [0.29, 0.717) is 10.0 Å². The second-order valence-electron chi connectivity index (χ2n) is 7.12. The molecule has 4 nitrogen and oxygen atoms in total. The zero-order chi connectivity index (χ0) is 17.7. The predicted molar refractivity (Wildman–Crippen MR) is 94.3 cm³/mol. The molecule has 0 aromatic heterocycles. The van der Waals surface area contributed by atoms with Crippen LogP contribution in [0.3, 0.4) is 0 Å². The van der Waals surface area contributed by atoms with Crippen molar-refractivity contribution >= 4 is 22.0 Å². The maximum atomic E-state index is 13.9. The van der Waals surface area contributed by atoms with Crippen LogP contribution in [0.4, 0.5) is 9.18 Å². The quantitative estimate of drug-likeness (QED) is 0.776. The van der Waals surface area contributed by atoms with E-state index in [9.17, 15) is 9.18 Å². The predicted octanol–water partition coefficient (Wildman–Crippen LogP) is 4.94. The van der Waals surface area contributed by atoms with E-state index < -0.39 is 11.7 Å². The Hall–Kier alpha value is -1.14. The van der Waals surface area contributed by atoms with E-state index in [2.05, 4.69) is 21.2 Å². The Morgan fingerprint density at radius 2 is 2.04 bits per heavy atom. The number of rotatable bonds is 4. The minimum absolute atomic E-state index is 0.105. The summed E-state index contributed by atoms with van der Waals surface area (Å²) in [5.74, 6) is -0.295. The molecule has 134 valence electrons. The second-order valence-corrected chi connectivity index (χ2v) is 8.04. The van der Waals surface area contributed by atoms with Gasteiger partial charge in [-0.15, -0.1) is 0 Å². The molecule has 24 heavy (non-hydrogen) atoms. The summed E-state index contributed by atoms with van der Waals surface area (Å²) in [5, 5.41) is 2.90. The lowest BCUT2D eigenvalue weighted by Crippen LogP contribution is -2.47. The Morgan fingerprint density at radius 1 is 1.33 bits per heavy atom. The lowest BCUT2D eigenvalue weighted by atomic mass is 9.92. The van der Waals surface area contributed by atoms with Crippen molar-refractivity contribution in [2.45, 2.75) is 70.8 Å². The van der Waals surface area contributed by atoms with Gasteiger partial charge in [-0.05, 0) is 45.7 Å². The molecule has 2 unspecified atom stereocenters. The third-order valence-electron chi connectivity index (χ3n) is 3.87. The molecule has 0 bridgehead atoms. The number of hydrogen-bond donors (Lipinski definition) is 1. The summed E-state index contributed by atoms with van der Waals surface area (Å²) >= 11 is 3.24. The van der Waals surface area contributed by atoms with Crippen LogP contribution in [0, 0.1) is 5.82 Å². The van der Waals surface area contributed by atoms with Crippen LogP contribution in [0.2, 0.25) is 0 Å². The number of carbonyl (C=O) groups excluding carboxylic acids is 1. The Morgan fingerprint density at radius 3 is 2.71 bits per heavy atom. The van der Waals surface area contributed by atoms with Gasteiger partial charge in [0.1, 0.15) is 11.4 Å². The Bertz CT molecular complexity index is 574. The molecule has 0 radical (unpaired) electrons. The Balaban J connectivity index is 1.92. The molecule has 1 fully saturated rings. The summed E-state index contributed by atoms with van der Waals surface area (Å²) in [5.41, 5.74) is -0.0184. The third kappa shape index (κ3) is 6.06. The number of nitrogens with one attached hydrogen (secondary N) is 1. The highest BCUT2D eigenvalue weighted by Crippen LogP contribution is 2.24. The van der Waals surface area contributed by atoms with Crippen molar-refractivity contribution in [2.24, 2.45) is 0 Å². The van der Waals surface area contributed by atoms with E-state index in [1.807, 2.05) is 20.8 Å². The molecule has 1 aromatic carbocycles. The first-order valence-electron chi connectivity index (χ1n) is 8.29. The number of benzene rings is 1. The van der Waals surface area contributed by atoms with Gasteiger partial charge < -0.3 is 14.8 Å². The van der Waals surface area contributed by atoms with Gasteiger partial charge in [0.05, 0.1) is 18.8 Å². The molecule has 0 heterocycles. The minimum Gasteiger partial charge on any atom is -0.444 e. The fourth-order valence-electron chi connectivity index (χ4n) is 2.76. The van der Waals surface area contributed by atoms with E-state index in [1.54, 1.807) is 12.1 Å². The van der Waals surface area contributed by atoms with Gasteiger partial charge in [0.2, 0.25) is 0 Å². The lowest BCUT2D eigenvalue weighted by molar-refractivity contribution is -0.0122. The molecule has 6 heteroatoms. The van der Waals surface area contributed by atoms with Gasteiger partial charge in [0.25, 0.3) is 0 Å². The van der Waals surface area contributed by atoms with Crippen molar-refractivity contribution in [1.29, 1.82) is 0 Å². The molecule has 1 saturated carbocycles. The van der Waals surface area contributed by atoms with Gasteiger partial charge >= 0.3 is 6.09 Å². The average molecular weight is 402 g/mol. The van der Waals surface area contributed by atoms with E-state index in [0.717, 1.165) is 25.7 Å². The molecular weight excluding hydrogens is 377 g/mol. The van der Waals surface area contributed by atoms with E-state index in [4.69, 9.17) is 9.47 Å². The normalized spacial score (nSPS) is 21.4. The van der Waals surface area contributed by atoms with Crippen LogP contribution in [0.25, 0.3) is 0 Å². The summed E-state index contributed by atoms with van der Waals surface area (Å²) in [6.07, 6.45) is 3.20. The molecule has 1 N–H and O–H groups in total. The van der Waals surface area contributed by atoms with Gasteiger partial charge in [-0.3, -0.25) is 0 Å². The van der Waals surface area contributed by atoms with Gasteiger partial charge in [0, 0.05) is 10.0 Å². The van der Waals surface area contributed by atoms with Crippen LogP contribution < -0.4 is 5.32 Å². The highest BCUT2D eigenvalue weighted by Gasteiger charge is 2.29. The number of halogens is 2. The van der Waals surface area contributed by atoms with Crippen molar-refractivity contribution in [1.82, 2.24) is 5.32 Å². The van der Waals surface area contributed by atoms with Gasteiger partial charge in [0.15, 0.2) is 0 Å². The first kappa shape index (κ1) is 19.2. The standard InChI is InChI=1S/C18H25BrFNO3/c1-18(2,3)24-17(22)21-15-6-4-5-7-16(15)23-11-12-8-9-13(19)10-14(12)20/h8-10,15-16H,4-7,11H2,1-3H3,(H,21,22). The van der Waals surface area contributed by atoms with Crippen molar-refractivity contribution in [2.75, 3.05) is 0 Å². The fourth-order valence-corrected chi connectivity index (χ4v) is 3.09. The van der Waals surface area contributed by atoms with Crippen LogP contribution in [0.1, 0.15) is 52.0 Å². The number of ether oxygens (including phenoxy) is 2. The van der Waals surface area contributed by atoms with E-state index in [-0.39, 0.29) is 24.6 Å². The first-order chi connectivity index (χ1) is 11.2. The lowest BCUT2D eigenvalue weighted by Gasteiger charge is -2.32. The van der Waals surface area contributed by atoms with Crippen LogP contribution in [0.15, 0.2) is 22.7 Å². The summed E-state index contributed by atoms with van der Waals surface area (Å²) in [4.78, 5) is 12.0. The van der Waals surface area contributed by atoms with Crippen molar-refractivity contribution in [3.05, 3.63) is 34.1 Å². The second kappa shape index (κ2) is 8.30. The molecule has 0 aliphatic heterocycles. The van der Waals surface area contributed by atoms with Gasteiger partial charge in [-0.1, -0.05) is 34.8 Å². The molecule has 1 aromatic rings. The van der Waals surface area contributed by atoms with Crippen LogP contribution in [-0.2, 0) is 16.1 Å². The summed E-state index contributed by atoms with van der Waals surface area (Å²) in [6.45, 7) is 5.68. The smallest absolute Gasteiger partial charge is 0.407 e. The molecule has 0 saturated heterocycles. The fraction of sp³-hybridized carbons (Fsp3) is 0.611. The third-order valence-corrected chi connectivity index (χ3v) is 4.37. The van der Waals surface area contributed by atoms with Crippen LogP contribution in [0.5, 0.6) is 0 Å². The summed E-state index contributed by atoms with van der Waals surface area (Å²) < 4.78 is 25.8. The van der Waals surface area contributed by atoms with Gasteiger partial charge in [-0.2, -0.15) is 0 Å². The molecule has 1 amide bonds. The van der Waals surface area contributed by atoms with Crippen molar-refractivity contribution in [3.8, 4) is 0 Å². The first-order valence-corrected chi connectivity index (χ1v) is 9.09. The Labute approximate surface area is 151 Å². The number of hydrogen-bond acceptors (Lipinski definition) is 3. The summed E-state index contributed by atoms with van der Waals surface area (Å²) in [7, 11) is 0. The van der Waals surface area contributed by atoms with Crippen molar-refractivity contribution < 1.29 is 18.7 Å². The van der Waals surface area contributed by atoms with Crippen molar-refractivity contribution in [3.63, 3.8) is 0 Å². The number of alkyl carbamates (subject to hydrolysis) is 1. The monoisotopic (exact) mass is 401 g/mol. The van der Waals surface area contributed by atoms with E-state index >= 15 is 0 Å². The van der Waals surface area contributed by atoms with Crippen LogP contribution >= 0.6 is 15.9 Å². The highest BCUT2D eigenvalue weighted by atomic mass is 79.9. The molecule has 0 spiro atoms. The number of amides is 1. The largest absolute Gasteiger partial charge is 0.444 e. The molecule has 2 rings (SSSR count). The minimum atomic E-state index is -0.532. The average Bonchev–Trinajstić information content (AvgIpc) is 2.46. The molecule has 1 aliphatic carbocycles. The highest BCUT2D eigenvalue weighted by molar-refractivity contribution is 9.10.